The van der Waals surface area contributed by atoms with E-state index < -0.39 is 0 Å². The normalized spacial score (nSPS) is 31.1. The van der Waals surface area contributed by atoms with Crippen LogP contribution in [0, 0.1) is 5.92 Å². The second kappa shape index (κ2) is 6.87. The molecule has 2 aliphatic carbocycles. The van der Waals surface area contributed by atoms with Gasteiger partial charge in [0, 0.05) is 30.8 Å². The zero-order valence-electron chi connectivity index (χ0n) is 13.8. The number of phenolic OH excluding ortho intramolecular Hbond substituents is 1. The Kier molecular flexibility index (Phi) is 5.43. The molecule has 0 radical (unpaired) electrons. The van der Waals surface area contributed by atoms with E-state index in [9.17, 15) is 9.90 Å². The zero-order chi connectivity index (χ0) is 15.3. The van der Waals surface area contributed by atoms with Crippen LogP contribution in [0.15, 0.2) is 30.9 Å². The van der Waals surface area contributed by atoms with E-state index in [2.05, 4.69) is 17.5 Å². The molecule has 1 saturated carbocycles. The molecule has 0 unspecified atom stereocenters. The fraction of sp³-hybridized carbons (Fsp3) is 0.526. The van der Waals surface area contributed by atoms with Gasteiger partial charge in [0.15, 0.2) is 0 Å². The summed E-state index contributed by atoms with van der Waals surface area (Å²) in [5.41, 5.74) is 2.53. The number of ketones is 1. The Hall–Kier alpha value is -1.36. The predicted octanol–water partition coefficient (Wildman–Crippen LogP) is 2.41. The molecule has 5 heteroatoms. The fourth-order valence-corrected chi connectivity index (χ4v) is 5.29. The van der Waals surface area contributed by atoms with Crippen molar-refractivity contribution in [3.05, 3.63) is 42.0 Å². The minimum atomic E-state index is -0.0377. The number of hydrogen-bond acceptors (Lipinski definition) is 3. The van der Waals surface area contributed by atoms with Crippen molar-refractivity contribution in [3.63, 3.8) is 0 Å². The van der Waals surface area contributed by atoms with E-state index in [0.29, 0.717) is 29.9 Å². The Labute approximate surface area is 149 Å². The molecule has 2 bridgehead atoms. The third kappa shape index (κ3) is 2.67. The number of rotatable bonds is 2. The van der Waals surface area contributed by atoms with Gasteiger partial charge in [-0.15, -0.1) is 19.0 Å². The van der Waals surface area contributed by atoms with Crippen LogP contribution in [0.2, 0.25) is 0 Å². The van der Waals surface area contributed by atoms with Gasteiger partial charge >= 0.3 is 0 Å². The first-order valence-electron chi connectivity index (χ1n) is 8.33. The molecule has 1 aromatic rings. The summed E-state index contributed by atoms with van der Waals surface area (Å²) in [7, 11) is 0. The number of Topliss-reactive ketones (excluding diaryl/α,β-unsaturated/α-hetero) is 1. The first-order valence-corrected chi connectivity index (χ1v) is 8.33. The second-order valence-electron chi connectivity index (χ2n) is 7.16. The zero-order valence-corrected chi connectivity index (χ0v) is 14.6. The molecule has 0 amide bonds. The Morgan fingerprint density at radius 2 is 2.21 bits per heavy atom. The molecule has 1 aliphatic heterocycles. The van der Waals surface area contributed by atoms with Crippen LogP contribution in [-0.2, 0) is 16.6 Å². The first kappa shape index (κ1) is 19.0. The molecule has 1 aromatic carbocycles. The van der Waals surface area contributed by atoms with Crippen molar-refractivity contribution in [3.8, 4) is 5.75 Å². The molecule has 4 nitrogen and oxygen atoms in total. The molecule has 0 spiro atoms. The van der Waals surface area contributed by atoms with E-state index in [1.54, 1.807) is 6.07 Å². The Morgan fingerprint density at radius 1 is 1.42 bits per heavy atom. The molecule has 132 valence electrons. The van der Waals surface area contributed by atoms with Gasteiger partial charge in [0.05, 0.1) is 0 Å². The predicted molar refractivity (Wildman–Crippen MR) is 96.9 cm³/mol. The lowest BCUT2D eigenvalue weighted by Crippen LogP contribution is -2.61. The summed E-state index contributed by atoms with van der Waals surface area (Å²) in [6, 6.07) is 6.29. The van der Waals surface area contributed by atoms with Crippen LogP contribution in [0.4, 0.5) is 0 Å². The van der Waals surface area contributed by atoms with E-state index in [4.69, 9.17) is 0 Å². The number of phenols is 1. The van der Waals surface area contributed by atoms with E-state index in [0.717, 1.165) is 38.8 Å². The van der Waals surface area contributed by atoms with Gasteiger partial charge in [-0.25, -0.2) is 0 Å². The van der Waals surface area contributed by atoms with Gasteiger partial charge in [-0.05, 0) is 55.0 Å². The molecule has 2 fully saturated rings. The number of carbonyl (C=O) groups is 1. The summed E-state index contributed by atoms with van der Waals surface area (Å²) in [6.07, 6.45) is 6.42. The molecular formula is C19H26ClNO3. The fourth-order valence-electron chi connectivity index (χ4n) is 5.29. The van der Waals surface area contributed by atoms with Crippen LogP contribution in [0.25, 0.3) is 0 Å². The summed E-state index contributed by atoms with van der Waals surface area (Å²) < 4.78 is 0. The molecule has 1 heterocycles. The minimum absolute atomic E-state index is 0. The van der Waals surface area contributed by atoms with Gasteiger partial charge in [-0.1, -0.05) is 12.1 Å². The molecule has 4 rings (SSSR count). The number of nitrogens with zero attached hydrogens (tertiary/aromatic N) is 1. The maximum atomic E-state index is 12.2. The second-order valence-corrected chi connectivity index (χ2v) is 7.16. The van der Waals surface area contributed by atoms with Crippen molar-refractivity contribution < 1.29 is 15.4 Å². The smallest absolute Gasteiger partial charge is 0.133 e. The first-order chi connectivity index (χ1) is 10.6. The average molecular weight is 352 g/mol. The van der Waals surface area contributed by atoms with Gasteiger partial charge < -0.3 is 10.6 Å². The summed E-state index contributed by atoms with van der Waals surface area (Å²) >= 11 is 0. The van der Waals surface area contributed by atoms with Crippen LogP contribution in [0.3, 0.4) is 0 Å². The van der Waals surface area contributed by atoms with Crippen molar-refractivity contribution in [2.45, 2.75) is 43.6 Å². The topological polar surface area (TPSA) is 72.0 Å². The maximum absolute atomic E-state index is 12.2. The Morgan fingerprint density at radius 3 is 2.96 bits per heavy atom. The van der Waals surface area contributed by atoms with Crippen molar-refractivity contribution in [2.75, 3.05) is 13.1 Å². The summed E-state index contributed by atoms with van der Waals surface area (Å²) in [5, 5.41) is 9.97. The quantitative estimate of drug-likeness (QED) is 0.832. The standard InChI is InChI=1S/C19H23NO2.ClH.H2O/c1-2-8-20-9-7-19-12-15(22)5-6-16(19)18(20)10-13-3-4-14(21)11-17(13)19;;/h2-4,11,16,18,21H,1,5-10,12H2;1H;1H2/t16-,18+,19-;;/m0../s1. The number of halogens is 1. The van der Waals surface area contributed by atoms with Gasteiger partial charge in [-0.2, -0.15) is 0 Å². The molecule has 3 aliphatic rings. The summed E-state index contributed by atoms with van der Waals surface area (Å²) in [6.45, 7) is 5.85. The van der Waals surface area contributed by atoms with Crippen LogP contribution in [0.5, 0.6) is 5.75 Å². The number of aromatic hydroxyl groups is 1. The highest BCUT2D eigenvalue weighted by molar-refractivity contribution is 5.85. The SMILES string of the molecule is C=CCN1CC[C@]23CC(=O)CC[C@H]2[C@H]1Cc1ccc(O)cc13.Cl.O. The number of piperidine rings is 1. The number of benzene rings is 1. The number of likely N-dealkylation sites (tertiary alicyclic amines) is 1. The van der Waals surface area contributed by atoms with Gasteiger partial charge in [0.2, 0.25) is 0 Å². The van der Waals surface area contributed by atoms with Gasteiger partial charge in [-0.3, -0.25) is 9.69 Å². The largest absolute Gasteiger partial charge is 0.508 e. The van der Waals surface area contributed by atoms with Crippen LogP contribution >= 0.6 is 12.4 Å². The van der Waals surface area contributed by atoms with E-state index in [1.165, 1.54) is 11.1 Å². The number of carbonyl (C=O) groups excluding carboxylic acids is 1. The summed E-state index contributed by atoms with van der Waals surface area (Å²) in [5.74, 6) is 1.26. The molecule has 3 N–H and O–H groups in total. The Bertz CT molecular complexity index is 647. The molecule has 24 heavy (non-hydrogen) atoms. The average Bonchev–Trinajstić information content (AvgIpc) is 2.50. The van der Waals surface area contributed by atoms with Gasteiger partial charge in [0.1, 0.15) is 11.5 Å². The highest BCUT2D eigenvalue weighted by Crippen LogP contribution is 2.55. The molecule has 1 saturated heterocycles. The van der Waals surface area contributed by atoms with Crippen molar-refractivity contribution in [1.82, 2.24) is 4.90 Å². The van der Waals surface area contributed by atoms with Crippen molar-refractivity contribution in [1.29, 1.82) is 0 Å². The van der Waals surface area contributed by atoms with E-state index in [-0.39, 0.29) is 23.3 Å². The van der Waals surface area contributed by atoms with Crippen LogP contribution < -0.4 is 0 Å². The molecule has 0 aromatic heterocycles. The highest BCUT2D eigenvalue weighted by Gasteiger charge is 2.55. The van der Waals surface area contributed by atoms with E-state index in [1.807, 2.05) is 12.1 Å². The summed E-state index contributed by atoms with van der Waals surface area (Å²) in [4.78, 5) is 14.8. The van der Waals surface area contributed by atoms with Crippen LogP contribution in [-0.4, -0.2) is 40.4 Å². The van der Waals surface area contributed by atoms with Crippen LogP contribution in [0.1, 0.15) is 36.8 Å². The lowest BCUT2D eigenvalue weighted by molar-refractivity contribution is -0.127. The van der Waals surface area contributed by atoms with Crippen molar-refractivity contribution in [2.24, 2.45) is 5.92 Å². The third-order valence-electron chi connectivity index (χ3n) is 6.16. The Balaban J connectivity index is 0.00000104. The lowest BCUT2D eigenvalue weighted by atomic mass is 9.52. The number of fused-ring (bicyclic) bond motifs is 1. The number of hydrogen-bond donors (Lipinski definition) is 1. The maximum Gasteiger partial charge on any atom is 0.133 e. The lowest BCUT2D eigenvalue weighted by Gasteiger charge is -2.58. The molecule has 3 atom stereocenters. The van der Waals surface area contributed by atoms with E-state index >= 15 is 0 Å². The van der Waals surface area contributed by atoms with Gasteiger partial charge in [0.25, 0.3) is 0 Å². The van der Waals surface area contributed by atoms with Crippen molar-refractivity contribution >= 4 is 18.2 Å². The minimum Gasteiger partial charge on any atom is -0.508 e. The third-order valence-corrected chi connectivity index (χ3v) is 6.16. The highest BCUT2D eigenvalue weighted by atomic mass is 35.5. The monoisotopic (exact) mass is 351 g/mol. The molecular weight excluding hydrogens is 326 g/mol.